The molecule has 1 radical (unpaired) electrons. The van der Waals surface area contributed by atoms with Crippen molar-refractivity contribution >= 4 is 16.8 Å². The number of hydrogen-bond donors (Lipinski definition) is 1. The van der Waals surface area contributed by atoms with Crippen LogP contribution in [0.1, 0.15) is 63.4 Å². The van der Waals surface area contributed by atoms with Gasteiger partial charge in [0.05, 0.1) is 5.52 Å². The maximum atomic E-state index is 11.3. The van der Waals surface area contributed by atoms with Gasteiger partial charge in [0.1, 0.15) is 0 Å². The zero-order valence-electron chi connectivity index (χ0n) is 19.8. The second-order valence-corrected chi connectivity index (χ2v) is 10.1. The Morgan fingerprint density at radius 1 is 1.10 bits per heavy atom. The molecule has 0 saturated heterocycles. The molecular formula is C28H35N2O. The zero-order chi connectivity index (χ0) is 22.8. The van der Waals surface area contributed by atoms with Crippen LogP contribution in [0.15, 0.2) is 42.5 Å². The van der Waals surface area contributed by atoms with Crippen LogP contribution in [0.4, 0.5) is 0 Å². The minimum absolute atomic E-state index is 0.0180. The van der Waals surface area contributed by atoms with Gasteiger partial charge in [0, 0.05) is 17.5 Å². The lowest BCUT2D eigenvalue weighted by molar-refractivity contribution is -0.117. The average Bonchev–Trinajstić information content (AvgIpc) is 2.66. The van der Waals surface area contributed by atoms with Gasteiger partial charge >= 0.3 is 0 Å². The molecule has 3 heteroatoms. The van der Waals surface area contributed by atoms with Gasteiger partial charge in [-0.25, -0.2) is 0 Å². The number of hydrogen-bond acceptors (Lipinski definition) is 2. The van der Waals surface area contributed by atoms with Gasteiger partial charge in [-0.3, -0.25) is 9.78 Å². The van der Waals surface area contributed by atoms with E-state index in [1.54, 1.807) is 0 Å². The summed E-state index contributed by atoms with van der Waals surface area (Å²) in [5.41, 5.74) is 13.6. The molecule has 2 N–H and O–H groups in total. The number of rotatable bonds is 7. The largest absolute Gasteiger partial charge is 0.370 e. The van der Waals surface area contributed by atoms with E-state index >= 15 is 0 Å². The van der Waals surface area contributed by atoms with Gasteiger partial charge in [-0.05, 0) is 71.9 Å². The van der Waals surface area contributed by atoms with Gasteiger partial charge in [0.25, 0.3) is 0 Å². The molecule has 2 aromatic carbocycles. The van der Waals surface area contributed by atoms with Crippen LogP contribution in [0, 0.1) is 24.7 Å². The molecule has 31 heavy (non-hydrogen) atoms. The monoisotopic (exact) mass is 415 g/mol. The van der Waals surface area contributed by atoms with E-state index in [2.05, 4.69) is 90.4 Å². The summed E-state index contributed by atoms with van der Waals surface area (Å²) in [5, 5.41) is 1.13. The molecule has 1 aromatic heterocycles. The van der Waals surface area contributed by atoms with E-state index in [1.165, 1.54) is 22.3 Å². The summed E-state index contributed by atoms with van der Waals surface area (Å²) >= 11 is 0. The summed E-state index contributed by atoms with van der Waals surface area (Å²) in [6.07, 6.45) is 4.29. The van der Waals surface area contributed by atoms with Crippen molar-refractivity contribution in [2.75, 3.05) is 0 Å². The maximum Gasteiger partial charge on any atom is 0.217 e. The first-order valence-corrected chi connectivity index (χ1v) is 11.2. The van der Waals surface area contributed by atoms with E-state index in [9.17, 15) is 4.79 Å². The van der Waals surface area contributed by atoms with E-state index < -0.39 is 0 Å². The van der Waals surface area contributed by atoms with E-state index in [1.807, 2.05) is 0 Å². The highest BCUT2D eigenvalue weighted by atomic mass is 16.1. The molecule has 0 spiro atoms. The topological polar surface area (TPSA) is 56.0 Å². The van der Waals surface area contributed by atoms with E-state index in [0.29, 0.717) is 18.8 Å². The van der Waals surface area contributed by atoms with Crippen molar-refractivity contribution in [2.24, 2.45) is 17.1 Å². The number of carbonyl (C=O) groups is 1. The van der Waals surface area contributed by atoms with Crippen LogP contribution >= 0.6 is 0 Å². The van der Waals surface area contributed by atoms with Crippen molar-refractivity contribution in [3.63, 3.8) is 0 Å². The number of carbonyl (C=O) groups excluding carboxylic acids is 1. The van der Waals surface area contributed by atoms with Crippen molar-refractivity contribution < 1.29 is 4.79 Å². The predicted molar refractivity (Wildman–Crippen MR) is 131 cm³/mol. The number of aryl methyl sites for hydroxylation is 2. The first kappa shape index (κ1) is 23.0. The molecule has 0 saturated carbocycles. The molecule has 163 valence electrons. The van der Waals surface area contributed by atoms with Crippen molar-refractivity contribution in [2.45, 2.75) is 60.8 Å². The van der Waals surface area contributed by atoms with Crippen LogP contribution in [0.25, 0.3) is 22.0 Å². The third kappa shape index (κ3) is 5.94. The molecule has 3 nitrogen and oxygen atoms in total. The minimum Gasteiger partial charge on any atom is -0.370 e. The van der Waals surface area contributed by atoms with E-state index in [-0.39, 0.29) is 11.3 Å². The summed E-state index contributed by atoms with van der Waals surface area (Å²) in [4.78, 5) is 16.4. The third-order valence-corrected chi connectivity index (χ3v) is 5.35. The van der Waals surface area contributed by atoms with E-state index in [4.69, 9.17) is 10.7 Å². The number of primary amides is 1. The number of pyridine rings is 1. The number of nitrogens with zero attached hydrogens (tertiary/aromatic N) is 1. The zero-order valence-corrected chi connectivity index (χ0v) is 19.8. The fraction of sp³-hybridized carbons (Fsp3) is 0.393. The van der Waals surface area contributed by atoms with Crippen LogP contribution < -0.4 is 5.73 Å². The summed E-state index contributed by atoms with van der Waals surface area (Å²) in [6.45, 7) is 13.3. The lowest BCUT2D eigenvalue weighted by atomic mass is 9.81. The van der Waals surface area contributed by atoms with Crippen LogP contribution in [0.3, 0.4) is 0 Å². The Kier molecular flexibility index (Phi) is 6.83. The summed E-state index contributed by atoms with van der Waals surface area (Å²) in [5.74, 6) is 0.240. The van der Waals surface area contributed by atoms with Crippen molar-refractivity contribution in [3.8, 4) is 11.1 Å². The summed E-state index contributed by atoms with van der Waals surface area (Å²) in [7, 11) is 0. The van der Waals surface area contributed by atoms with Gasteiger partial charge in [-0.2, -0.15) is 0 Å². The lowest BCUT2D eigenvalue weighted by Gasteiger charge is -2.25. The Labute approximate surface area is 187 Å². The van der Waals surface area contributed by atoms with Gasteiger partial charge < -0.3 is 5.73 Å². The number of nitrogens with two attached hydrogens (primary N) is 1. The molecule has 0 atom stereocenters. The number of benzene rings is 2. The van der Waals surface area contributed by atoms with Gasteiger partial charge in [0.15, 0.2) is 0 Å². The Morgan fingerprint density at radius 2 is 1.77 bits per heavy atom. The molecule has 0 unspecified atom stereocenters. The quantitative estimate of drug-likeness (QED) is 0.484. The number of amides is 1. The molecular weight excluding hydrogens is 380 g/mol. The number of fused-ring (bicyclic) bond motifs is 1. The molecule has 3 rings (SSSR count). The highest BCUT2D eigenvalue weighted by molar-refractivity contribution is 5.98. The minimum atomic E-state index is -0.272. The van der Waals surface area contributed by atoms with Crippen molar-refractivity contribution in [3.05, 3.63) is 71.3 Å². The van der Waals surface area contributed by atoms with Crippen LogP contribution in [0.2, 0.25) is 0 Å². The highest BCUT2D eigenvalue weighted by Crippen LogP contribution is 2.39. The Bertz CT molecular complexity index is 1070. The summed E-state index contributed by atoms with van der Waals surface area (Å²) < 4.78 is 0. The molecule has 0 fully saturated rings. The van der Waals surface area contributed by atoms with Crippen LogP contribution in [-0.4, -0.2) is 10.9 Å². The Balaban J connectivity index is 2.32. The SMILES string of the molecule is Cc1ccc(-c2c([CH]C(C)(C)C)c(CC(C)C)nc3ccc(CCC(N)=O)cc23)cc1. The standard InChI is InChI=1S/C28H35N2O/c1-18(2)15-25-23(17-28(4,5)6)27(21-11-7-19(3)8-12-21)22-16-20(10-14-26(29)31)9-13-24(22)30-25/h7-9,11-13,16-18H,10,14-15H2,1-6H3,(H2,29,31). The second-order valence-electron chi connectivity index (χ2n) is 10.1. The first-order valence-electron chi connectivity index (χ1n) is 11.2. The molecule has 1 amide bonds. The molecule has 0 aliphatic rings. The number of aromatic nitrogens is 1. The molecule has 0 aliphatic heterocycles. The van der Waals surface area contributed by atoms with Crippen LogP contribution in [0.5, 0.6) is 0 Å². The smallest absolute Gasteiger partial charge is 0.217 e. The maximum absolute atomic E-state index is 11.3. The van der Waals surface area contributed by atoms with Gasteiger partial charge in [-0.1, -0.05) is 70.5 Å². The Morgan fingerprint density at radius 3 is 2.35 bits per heavy atom. The van der Waals surface area contributed by atoms with Crippen molar-refractivity contribution in [1.29, 1.82) is 0 Å². The lowest BCUT2D eigenvalue weighted by Crippen LogP contribution is -2.13. The highest BCUT2D eigenvalue weighted by Gasteiger charge is 2.23. The molecule has 0 aliphatic carbocycles. The molecule has 1 heterocycles. The average molecular weight is 416 g/mol. The fourth-order valence-corrected chi connectivity index (χ4v) is 3.96. The molecule has 3 aromatic rings. The van der Waals surface area contributed by atoms with Gasteiger partial charge in [0.2, 0.25) is 5.91 Å². The first-order chi connectivity index (χ1) is 14.5. The van der Waals surface area contributed by atoms with Gasteiger partial charge in [-0.15, -0.1) is 0 Å². The van der Waals surface area contributed by atoms with Crippen molar-refractivity contribution in [1.82, 2.24) is 4.98 Å². The predicted octanol–water partition coefficient (Wildman–Crippen LogP) is 6.43. The fourth-order valence-electron chi connectivity index (χ4n) is 3.96. The van der Waals surface area contributed by atoms with Crippen LogP contribution in [-0.2, 0) is 17.6 Å². The molecule has 0 bridgehead atoms. The summed E-state index contributed by atoms with van der Waals surface area (Å²) in [6, 6.07) is 15.1. The normalized spacial score (nSPS) is 12.0. The second kappa shape index (κ2) is 9.21. The third-order valence-electron chi connectivity index (χ3n) is 5.35. The Hall–Kier alpha value is -2.68. The van der Waals surface area contributed by atoms with E-state index in [0.717, 1.165) is 28.6 Å².